The minimum Gasteiger partial charge on any atom is -0.480 e. The Morgan fingerprint density at radius 2 is 2.00 bits per heavy atom. The first-order valence-electron chi connectivity index (χ1n) is 7.23. The van der Waals surface area contributed by atoms with Crippen molar-refractivity contribution in [2.24, 2.45) is 5.92 Å². The zero-order valence-electron chi connectivity index (χ0n) is 12.9. The van der Waals surface area contributed by atoms with Crippen molar-refractivity contribution in [2.45, 2.75) is 33.2 Å². The third kappa shape index (κ3) is 3.10. The number of hydrogen-bond acceptors (Lipinski definition) is 3. The molecule has 6 nitrogen and oxygen atoms in total. The van der Waals surface area contributed by atoms with E-state index in [1.54, 1.807) is 4.90 Å². The summed E-state index contributed by atoms with van der Waals surface area (Å²) in [7, 11) is 0. The molecule has 0 radical (unpaired) electrons. The fourth-order valence-corrected chi connectivity index (χ4v) is 2.45. The maximum absolute atomic E-state index is 12.4. The lowest BCUT2D eigenvalue weighted by molar-refractivity contribution is -0.143. The van der Waals surface area contributed by atoms with Gasteiger partial charge in [-0.15, -0.1) is 0 Å². The summed E-state index contributed by atoms with van der Waals surface area (Å²) in [5.74, 6) is -2.74. The monoisotopic (exact) mass is 304 g/mol. The zero-order valence-corrected chi connectivity index (χ0v) is 12.9. The van der Waals surface area contributed by atoms with E-state index in [0.29, 0.717) is 13.0 Å². The smallest absolute Gasteiger partial charge is 0.325 e. The molecule has 1 aliphatic rings. The van der Waals surface area contributed by atoms with Crippen molar-refractivity contribution < 1.29 is 19.5 Å². The second kappa shape index (κ2) is 6.17. The van der Waals surface area contributed by atoms with Gasteiger partial charge in [-0.2, -0.15) is 0 Å². The number of carbonyl (C=O) groups excluding carboxylic acids is 2. The van der Waals surface area contributed by atoms with E-state index in [1.165, 1.54) is 6.92 Å². The van der Waals surface area contributed by atoms with Gasteiger partial charge >= 0.3 is 5.97 Å². The van der Waals surface area contributed by atoms with Crippen LogP contribution >= 0.6 is 0 Å². The average molecular weight is 304 g/mol. The average Bonchev–Trinajstić information content (AvgIpc) is 2.83. The standard InChI is InChI=1S/C16H20N2O4/c1-9-4-5-12(8-10(9)2)18-7-6-13(15(18)20)14(19)17-11(3)16(21)22/h4-5,8,11,13H,6-7H2,1-3H3,(H,17,19)(H,21,22)/t11-,13-/m0/s1. The number of nitrogens with one attached hydrogen (secondary N) is 1. The number of benzene rings is 1. The predicted octanol–water partition coefficient (Wildman–Crippen LogP) is 1.25. The van der Waals surface area contributed by atoms with E-state index in [1.807, 2.05) is 32.0 Å². The van der Waals surface area contributed by atoms with Crippen LogP contribution in [-0.2, 0) is 14.4 Å². The summed E-state index contributed by atoms with van der Waals surface area (Å²) in [6.07, 6.45) is 0.393. The lowest BCUT2D eigenvalue weighted by atomic mass is 10.1. The van der Waals surface area contributed by atoms with E-state index >= 15 is 0 Å². The number of anilines is 1. The molecule has 0 unspecified atom stereocenters. The highest BCUT2D eigenvalue weighted by atomic mass is 16.4. The van der Waals surface area contributed by atoms with E-state index in [2.05, 4.69) is 5.32 Å². The normalized spacial score (nSPS) is 19.1. The molecular weight excluding hydrogens is 284 g/mol. The summed E-state index contributed by atoms with van der Waals surface area (Å²) in [6, 6.07) is 4.72. The van der Waals surface area contributed by atoms with E-state index < -0.39 is 23.8 Å². The topological polar surface area (TPSA) is 86.7 Å². The van der Waals surface area contributed by atoms with E-state index in [4.69, 9.17) is 5.11 Å². The number of rotatable bonds is 4. The molecule has 6 heteroatoms. The highest BCUT2D eigenvalue weighted by Crippen LogP contribution is 2.27. The second-order valence-electron chi connectivity index (χ2n) is 5.67. The molecule has 0 saturated carbocycles. The molecule has 0 bridgehead atoms. The summed E-state index contributed by atoms with van der Waals surface area (Å²) in [5, 5.41) is 11.2. The third-order valence-corrected chi connectivity index (χ3v) is 4.05. The minimum absolute atomic E-state index is 0.279. The van der Waals surface area contributed by atoms with Gasteiger partial charge in [0.1, 0.15) is 12.0 Å². The first-order chi connectivity index (χ1) is 10.3. The summed E-state index contributed by atoms with van der Waals surface area (Å²) in [5.41, 5.74) is 2.99. The number of carboxylic acid groups (broad SMARTS) is 1. The Bertz CT molecular complexity index is 627. The largest absolute Gasteiger partial charge is 0.480 e. The van der Waals surface area contributed by atoms with Crippen molar-refractivity contribution >= 4 is 23.5 Å². The number of carbonyl (C=O) groups is 3. The first-order valence-corrected chi connectivity index (χ1v) is 7.23. The van der Waals surface area contributed by atoms with Gasteiger partial charge in [-0.1, -0.05) is 6.07 Å². The van der Waals surface area contributed by atoms with E-state index in [0.717, 1.165) is 16.8 Å². The van der Waals surface area contributed by atoms with Crippen LogP contribution in [0.3, 0.4) is 0 Å². The Morgan fingerprint density at radius 1 is 1.32 bits per heavy atom. The van der Waals surface area contributed by atoms with Crippen LogP contribution in [0.25, 0.3) is 0 Å². The minimum atomic E-state index is -1.12. The Balaban J connectivity index is 2.10. The molecule has 1 heterocycles. The Morgan fingerprint density at radius 3 is 2.59 bits per heavy atom. The maximum atomic E-state index is 12.4. The molecular formula is C16H20N2O4. The van der Waals surface area contributed by atoms with Crippen LogP contribution in [0.5, 0.6) is 0 Å². The van der Waals surface area contributed by atoms with Crippen molar-refractivity contribution in [1.82, 2.24) is 5.32 Å². The summed E-state index contributed by atoms with van der Waals surface area (Å²) >= 11 is 0. The van der Waals surface area contributed by atoms with Crippen LogP contribution in [0.1, 0.15) is 24.5 Å². The molecule has 1 aromatic rings. The highest BCUT2D eigenvalue weighted by Gasteiger charge is 2.38. The fraction of sp³-hybridized carbons (Fsp3) is 0.438. The van der Waals surface area contributed by atoms with Crippen LogP contribution < -0.4 is 10.2 Å². The van der Waals surface area contributed by atoms with Gasteiger partial charge in [0.05, 0.1) is 0 Å². The fourth-order valence-electron chi connectivity index (χ4n) is 2.45. The molecule has 1 aromatic carbocycles. The van der Waals surface area contributed by atoms with Crippen molar-refractivity contribution in [3.8, 4) is 0 Å². The molecule has 2 atom stereocenters. The van der Waals surface area contributed by atoms with Gasteiger partial charge in [-0.25, -0.2) is 0 Å². The Kier molecular flexibility index (Phi) is 4.49. The molecule has 22 heavy (non-hydrogen) atoms. The van der Waals surface area contributed by atoms with Gasteiger partial charge in [0.15, 0.2) is 0 Å². The van der Waals surface area contributed by atoms with Crippen molar-refractivity contribution in [3.05, 3.63) is 29.3 Å². The van der Waals surface area contributed by atoms with Crippen LogP contribution in [-0.4, -0.2) is 35.5 Å². The van der Waals surface area contributed by atoms with Gasteiger partial charge in [0.25, 0.3) is 0 Å². The Labute approximate surface area is 129 Å². The number of aliphatic carboxylic acids is 1. The molecule has 0 aromatic heterocycles. The summed E-state index contributed by atoms with van der Waals surface area (Å²) in [4.78, 5) is 36.8. The van der Waals surface area contributed by atoms with Gasteiger partial charge in [0, 0.05) is 12.2 Å². The van der Waals surface area contributed by atoms with Crippen molar-refractivity contribution in [2.75, 3.05) is 11.4 Å². The second-order valence-corrected chi connectivity index (χ2v) is 5.67. The highest BCUT2D eigenvalue weighted by molar-refractivity contribution is 6.10. The van der Waals surface area contributed by atoms with Crippen LogP contribution in [0, 0.1) is 19.8 Å². The van der Waals surface area contributed by atoms with Crippen LogP contribution in [0.15, 0.2) is 18.2 Å². The molecule has 2 N–H and O–H groups in total. The number of nitrogens with zero attached hydrogens (tertiary/aromatic N) is 1. The Hall–Kier alpha value is -2.37. The number of aryl methyl sites for hydroxylation is 2. The molecule has 1 fully saturated rings. The summed E-state index contributed by atoms with van der Waals surface area (Å²) < 4.78 is 0. The third-order valence-electron chi connectivity index (χ3n) is 4.05. The number of carboxylic acids is 1. The first kappa shape index (κ1) is 16.0. The molecule has 2 amide bonds. The number of hydrogen-bond donors (Lipinski definition) is 2. The van der Waals surface area contributed by atoms with Gasteiger partial charge in [-0.05, 0) is 50.5 Å². The lowest BCUT2D eigenvalue weighted by Crippen LogP contribution is -2.44. The SMILES string of the molecule is Cc1ccc(N2CC[C@@H](C(=O)N[C@@H](C)C(=O)O)C2=O)cc1C. The molecule has 0 spiro atoms. The number of amides is 2. The van der Waals surface area contributed by atoms with E-state index in [9.17, 15) is 14.4 Å². The van der Waals surface area contributed by atoms with Crippen LogP contribution in [0.4, 0.5) is 5.69 Å². The van der Waals surface area contributed by atoms with Crippen molar-refractivity contribution in [1.29, 1.82) is 0 Å². The molecule has 2 rings (SSSR count). The lowest BCUT2D eigenvalue weighted by Gasteiger charge is -2.18. The maximum Gasteiger partial charge on any atom is 0.325 e. The van der Waals surface area contributed by atoms with Gasteiger partial charge in [0.2, 0.25) is 11.8 Å². The molecule has 0 aliphatic carbocycles. The van der Waals surface area contributed by atoms with Crippen LogP contribution in [0.2, 0.25) is 0 Å². The molecule has 1 aliphatic heterocycles. The zero-order chi connectivity index (χ0) is 16.4. The quantitative estimate of drug-likeness (QED) is 0.820. The van der Waals surface area contributed by atoms with Gasteiger partial charge in [-0.3, -0.25) is 14.4 Å². The molecule has 118 valence electrons. The summed E-state index contributed by atoms with van der Waals surface area (Å²) in [6.45, 7) is 5.80. The predicted molar refractivity (Wildman–Crippen MR) is 81.6 cm³/mol. The molecule has 1 saturated heterocycles. The van der Waals surface area contributed by atoms with Gasteiger partial charge < -0.3 is 15.3 Å². The van der Waals surface area contributed by atoms with Crippen molar-refractivity contribution in [3.63, 3.8) is 0 Å². The van der Waals surface area contributed by atoms with E-state index in [-0.39, 0.29) is 5.91 Å².